The highest BCUT2D eigenvalue weighted by Crippen LogP contribution is 2.54. The monoisotopic (exact) mass is 399 g/mol. The molecule has 0 bridgehead atoms. The summed E-state index contributed by atoms with van der Waals surface area (Å²) >= 11 is 0. The molecular formula is C21H21NO7. The van der Waals surface area contributed by atoms with Crippen LogP contribution in [0, 0.1) is 11.8 Å². The van der Waals surface area contributed by atoms with Gasteiger partial charge in [0.05, 0.1) is 26.7 Å². The van der Waals surface area contributed by atoms with Crippen molar-refractivity contribution in [1.82, 2.24) is 0 Å². The molecule has 8 heteroatoms. The van der Waals surface area contributed by atoms with E-state index in [2.05, 4.69) is 0 Å². The van der Waals surface area contributed by atoms with Crippen LogP contribution in [0.4, 0.5) is 0 Å². The van der Waals surface area contributed by atoms with Gasteiger partial charge < -0.3 is 34.5 Å². The van der Waals surface area contributed by atoms with Gasteiger partial charge in [0.15, 0.2) is 23.0 Å². The second-order valence-corrected chi connectivity index (χ2v) is 7.43. The van der Waals surface area contributed by atoms with Crippen LogP contribution in [-0.2, 0) is 9.53 Å². The lowest BCUT2D eigenvalue weighted by Gasteiger charge is -2.37. The topological polar surface area (TPSA) is 109 Å². The number of benzene rings is 2. The number of phenolic OH excluding ortho intramolecular Hbond substituents is 1. The number of aromatic hydroxyl groups is 1. The maximum absolute atomic E-state index is 12.5. The number of ether oxygens (including phenoxy) is 5. The molecule has 3 N–H and O–H groups in total. The molecule has 2 heterocycles. The second-order valence-electron chi connectivity index (χ2n) is 7.43. The third-order valence-corrected chi connectivity index (χ3v) is 6.10. The number of fused-ring (bicyclic) bond motifs is 3. The summed E-state index contributed by atoms with van der Waals surface area (Å²) in [5.74, 6) is 0.603. The van der Waals surface area contributed by atoms with Gasteiger partial charge in [0.2, 0.25) is 12.5 Å². The minimum atomic E-state index is -0.503. The Morgan fingerprint density at radius 3 is 2.24 bits per heavy atom. The zero-order valence-corrected chi connectivity index (χ0v) is 16.0. The van der Waals surface area contributed by atoms with E-state index in [0.29, 0.717) is 23.0 Å². The lowest BCUT2D eigenvalue weighted by Crippen LogP contribution is -2.38. The molecule has 2 aliphatic heterocycles. The van der Waals surface area contributed by atoms with E-state index in [1.807, 2.05) is 12.1 Å². The fourth-order valence-electron chi connectivity index (χ4n) is 4.75. The third-order valence-electron chi connectivity index (χ3n) is 6.10. The standard InChI is InChI=1S/C21H21NO7/c1-25-15-3-9(4-16(26-2)20(15)23)17-10-5-13-14(29-8-28-13)6-11(10)19(22)18-12(17)7-27-21(18)24/h3-6,12,17-19,23H,7-8,22H2,1-2H3/t12-,17+,18+,19+/m0/s1. The first-order valence-electron chi connectivity index (χ1n) is 9.34. The molecule has 4 atom stereocenters. The largest absolute Gasteiger partial charge is 0.502 e. The van der Waals surface area contributed by atoms with Gasteiger partial charge in [-0.3, -0.25) is 4.79 Å². The van der Waals surface area contributed by atoms with E-state index in [0.717, 1.165) is 16.7 Å². The van der Waals surface area contributed by atoms with E-state index in [1.54, 1.807) is 12.1 Å². The van der Waals surface area contributed by atoms with Gasteiger partial charge in [-0.25, -0.2) is 0 Å². The van der Waals surface area contributed by atoms with Gasteiger partial charge in [-0.15, -0.1) is 0 Å². The van der Waals surface area contributed by atoms with Gasteiger partial charge in [-0.2, -0.15) is 0 Å². The predicted octanol–water partition coefficient (Wildman–Crippen LogP) is 2.07. The smallest absolute Gasteiger partial charge is 0.311 e. The summed E-state index contributed by atoms with van der Waals surface area (Å²) in [6, 6.07) is 6.79. The van der Waals surface area contributed by atoms with E-state index in [9.17, 15) is 9.90 Å². The van der Waals surface area contributed by atoms with Crippen LogP contribution >= 0.6 is 0 Å². The maximum atomic E-state index is 12.5. The summed E-state index contributed by atoms with van der Waals surface area (Å²) in [4.78, 5) is 12.5. The molecular weight excluding hydrogens is 378 g/mol. The molecule has 0 radical (unpaired) electrons. The minimum Gasteiger partial charge on any atom is -0.502 e. The zero-order valence-electron chi connectivity index (χ0n) is 16.0. The number of carbonyl (C=O) groups is 1. The lowest BCUT2D eigenvalue weighted by atomic mass is 9.65. The van der Waals surface area contributed by atoms with Crippen LogP contribution in [0.2, 0.25) is 0 Å². The van der Waals surface area contributed by atoms with Crippen LogP contribution in [0.5, 0.6) is 28.7 Å². The Morgan fingerprint density at radius 2 is 1.62 bits per heavy atom. The van der Waals surface area contributed by atoms with Crippen molar-refractivity contribution in [2.45, 2.75) is 12.0 Å². The van der Waals surface area contributed by atoms with Gasteiger partial charge in [-0.05, 0) is 41.0 Å². The SMILES string of the molecule is COc1cc([C@@H]2c3cc4c(cc3[C@@H](N)[C@@H]3C(=O)OC[C@@H]23)OCO4)cc(OC)c1O. The fraction of sp³-hybridized carbons (Fsp3) is 0.381. The van der Waals surface area contributed by atoms with Crippen LogP contribution < -0.4 is 24.7 Å². The van der Waals surface area contributed by atoms with Crippen LogP contribution in [0.3, 0.4) is 0 Å². The summed E-state index contributed by atoms with van der Waals surface area (Å²) in [5.41, 5.74) is 9.10. The molecule has 0 spiro atoms. The molecule has 3 aliphatic rings. The summed E-state index contributed by atoms with van der Waals surface area (Å²) in [5, 5.41) is 10.3. The number of phenols is 1. The first kappa shape index (κ1) is 17.9. The molecule has 152 valence electrons. The number of hydrogen-bond donors (Lipinski definition) is 2. The first-order chi connectivity index (χ1) is 14.0. The molecule has 5 rings (SSSR count). The van der Waals surface area contributed by atoms with Crippen molar-refractivity contribution in [2.75, 3.05) is 27.6 Å². The van der Waals surface area contributed by atoms with Gasteiger partial charge in [0, 0.05) is 17.9 Å². The Hall–Kier alpha value is -3.13. The Kier molecular flexibility index (Phi) is 3.99. The van der Waals surface area contributed by atoms with Crippen LogP contribution in [0.1, 0.15) is 28.7 Å². The normalized spacial score (nSPS) is 26.5. The quantitative estimate of drug-likeness (QED) is 0.755. The van der Waals surface area contributed by atoms with Crippen LogP contribution in [0.25, 0.3) is 0 Å². The van der Waals surface area contributed by atoms with E-state index < -0.39 is 12.0 Å². The number of carbonyl (C=O) groups excluding carboxylic acids is 1. The number of nitrogens with two attached hydrogens (primary N) is 1. The molecule has 1 fully saturated rings. The fourth-order valence-corrected chi connectivity index (χ4v) is 4.75. The highest BCUT2D eigenvalue weighted by Gasteiger charge is 2.51. The summed E-state index contributed by atoms with van der Waals surface area (Å²) in [7, 11) is 2.96. The van der Waals surface area contributed by atoms with Crippen molar-refractivity contribution >= 4 is 5.97 Å². The van der Waals surface area contributed by atoms with Gasteiger partial charge in [-0.1, -0.05) is 0 Å². The van der Waals surface area contributed by atoms with Crippen molar-refractivity contribution < 1.29 is 33.6 Å². The Morgan fingerprint density at radius 1 is 1.00 bits per heavy atom. The summed E-state index contributed by atoms with van der Waals surface area (Å²) < 4.78 is 27.2. The highest BCUT2D eigenvalue weighted by atomic mass is 16.7. The molecule has 0 aromatic heterocycles. The molecule has 8 nitrogen and oxygen atoms in total. The summed E-state index contributed by atoms with van der Waals surface area (Å²) in [6.45, 7) is 0.412. The average molecular weight is 399 g/mol. The second kappa shape index (κ2) is 6.45. The number of esters is 1. The van der Waals surface area contributed by atoms with E-state index in [4.69, 9.17) is 29.4 Å². The predicted molar refractivity (Wildman–Crippen MR) is 100 cm³/mol. The molecule has 2 aromatic rings. The minimum absolute atomic E-state index is 0.0764. The average Bonchev–Trinajstić information content (AvgIpc) is 3.34. The number of cyclic esters (lactones) is 1. The maximum Gasteiger partial charge on any atom is 0.311 e. The first-order valence-corrected chi connectivity index (χ1v) is 9.34. The van der Waals surface area contributed by atoms with Crippen molar-refractivity contribution in [3.63, 3.8) is 0 Å². The van der Waals surface area contributed by atoms with Crippen LogP contribution in [0.15, 0.2) is 24.3 Å². The molecule has 29 heavy (non-hydrogen) atoms. The van der Waals surface area contributed by atoms with E-state index in [-0.39, 0.29) is 37.0 Å². The Balaban J connectivity index is 1.74. The Bertz CT molecular complexity index is 980. The van der Waals surface area contributed by atoms with Gasteiger partial charge in [0.25, 0.3) is 0 Å². The third kappa shape index (κ3) is 2.52. The lowest BCUT2D eigenvalue weighted by molar-refractivity contribution is -0.141. The van der Waals surface area contributed by atoms with Crippen molar-refractivity contribution in [2.24, 2.45) is 17.6 Å². The molecule has 2 aromatic carbocycles. The van der Waals surface area contributed by atoms with Crippen molar-refractivity contribution in [3.8, 4) is 28.7 Å². The number of hydrogen-bond acceptors (Lipinski definition) is 8. The highest BCUT2D eigenvalue weighted by molar-refractivity contribution is 5.78. The van der Waals surface area contributed by atoms with Crippen molar-refractivity contribution in [3.05, 3.63) is 41.0 Å². The molecule has 0 unspecified atom stereocenters. The van der Waals surface area contributed by atoms with Gasteiger partial charge >= 0.3 is 5.97 Å². The van der Waals surface area contributed by atoms with Crippen molar-refractivity contribution in [1.29, 1.82) is 0 Å². The van der Waals surface area contributed by atoms with Gasteiger partial charge in [0.1, 0.15) is 0 Å². The number of methoxy groups -OCH3 is 2. The molecule has 1 saturated heterocycles. The van der Waals surface area contributed by atoms with Crippen LogP contribution in [-0.4, -0.2) is 38.7 Å². The molecule has 0 saturated carbocycles. The summed E-state index contributed by atoms with van der Waals surface area (Å²) in [6.07, 6.45) is 0. The van der Waals surface area contributed by atoms with E-state index in [1.165, 1.54) is 14.2 Å². The Labute approximate surface area is 167 Å². The molecule has 1 aliphatic carbocycles. The zero-order chi connectivity index (χ0) is 20.3. The number of rotatable bonds is 3. The molecule has 0 amide bonds. The van der Waals surface area contributed by atoms with E-state index >= 15 is 0 Å².